The zero-order valence-electron chi connectivity index (χ0n) is 7.79. The van der Waals surface area contributed by atoms with Crippen LogP contribution in [-0.4, -0.2) is 12.7 Å². The Labute approximate surface area is 88.1 Å². The number of fused-ring (bicyclic) bond motifs is 1. The van der Waals surface area contributed by atoms with E-state index in [4.69, 9.17) is 21.1 Å². The van der Waals surface area contributed by atoms with Crippen LogP contribution >= 0.6 is 11.6 Å². The molecule has 1 atom stereocenters. The van der Waals surface area contributed by atoms with Gasteiger partial charge < -0.3 is 9.47 Å². The Bertz CT molecular complexity index is 360. The van der Waals surface area contributed by atoms with Gasteiger partial charge in [0.15, 0.2) is 5.56 Å². The topological polar surface area (TPSA) is 18.5 Å². The van der Waals surface area contributed by atoms with Gasteiger partial charge in [0.1, 0.15) is 11.5 Å². The van der Waals surface area contributed by atoms with Crippen molar-refractivity contribution in [2.45, 2.75) is 12.0 Å². The van der Waals surface area contributed by atoms with Crippen LogP contribution in [0.25, 0.3) is 6.08 Å². The molecule has 0 spiro atoms. The molecule has 73 valence electrons. The van der Waals surface area contributed by atoms with E-state index in [0.29, 0.717) is 6.42 Å². The van der Waals surface area contributed by atoms with Gasteiger partial charge in [-0.25, -0.2) is 0 Å². The number of hydrogen-bond acceptors (Lipinski definition) is 2. The first kappa shape index (κ1) is 9.41. The summed E-state index contributed by atoms with van der Waals surface area (Å²) >= 11 is 5.90. The van der Waals surface area contributed by atoms with Crippen molar-refractivity contribution >= 4 is 17.7 Å². The Hall–Kier alpha value is -1.15. The van der Waals surface area contributed by atoms with Crippen molar-refractivity contribution in [3.8, 4) is 11.5 Å². The molecule has 0 aromatic heterocycles. The van der Waals surface area contributed by atoms with Crippen LogP contribution in [0.3, 0.4) is 0 Å². The van der Waals surface area contributed by atoms with E-state index in [0.717, 1.165) is 17.1 Å². The highest BCUT2D eigenvalue weighted by atomic mass is 35.5. The third kappa shape index (κ3) is 1.85. The molecule has 1 aromatic rings. The fourth-order valence-corrected chi connectivity index (χ4v) is 1.49. The predicted octanol–water partition coefficient (Wildman–Crippen LogP) is 2.86. The summed E-state index contributed by atoms with van der Waals surface area (Å²) in [5.74, 6) is 1.51. The quantitative estimate of drug-likeness (QED) is 0.663. The molecule has 1 aliphatic heterocycles. The zero-order valence-corrected chi connectivity index (χ0v) is 8.54. The van der Waals surface area contributed by atoms with Gasteiger partial charge >= 0.3 is 0 Å². The molecule has 0 saturated heterocycles. The first-order valence-electron chi connectivity index (χ1n) is 4.35. The lowest BCUT2D eigenvalue weighted by molar-refractivity contribution is 0.283. The monoisotopic (exact) mass is 209 g/mol. The van der Waals surface area contributed by atoms with Crippen LogP contribution in [0, 0.1) is 6.08 Å². The average molecular weight is 210 g/mol. The van der Waals surface area contributed by atoms with Crippen LogP contribution in [0.2, 0.25) is 0 Å². The molecule has 0 saturated carbocycles. The molecule has 0 aliphatic carbocycles. The van der Waals surface area contributed by atoms with Crippen molar-refractivity contribution in [2.75, 3.05) is 7.11 Å². The Kier molecular flexibility index (Phi) is 2.64. The molecule has 0 amide bonds. The number of rotatable bonds is 1. The highest BCUT2D eigenvalue weighted by molar-refractivity contribution is 6.20. The number of alkyl halides is 1. The van der Waals surface area contributed by atoms with Crippen LogP contribution in [-0.2, 0) is 0 Å². The molecular weight excluding hydrogens is 200 g/mol. The minimum atomic E-state index is -0.348. The maximum atomic E-state index is 5.90. The van der Waals surface area contributed by atoms with Crippen molar-refractivity contribution in [1.29, 1.82) is 0 Å². The second-order valence-corrected chi connectivity index (χ2v) is 3.47. The van der Waals surface area contributed by atoms with Gasteiger partial charge in [0, 0.05) is 18.1 Å². The second kappa shape index (κ2) is 3.93. The molecule has 2 rings (SSSR count). The summed E-state index contributed by atoms with van der Waals surface area (Å²) < 4.78 is 10.6. The van der Waals surface area contributed by atoms with Gasteiger partial charge in [-0.05, 0) is 24.3 Å². The summed E-state index contributed by atoms with van der Waals surface area (Å²) in [7, 11) is 1.62. The van der Waals surface area contributed by atoms with Gasteiger partial charge in [-0.15, -0.1) is 0 Å². The summed E-state index contributed by atoms with van der Waals surface area (Å²) in [5.41, 5.74) is 0.633. The Balaban J connectivity index is 2.39. The molecule has 1 aromatic carbocycles. The van der Waals surface area contributed by atoms with E-state index >= 15 is 0 Å². The van der Waals surface area contributed by atoms with E-state index in [1.807, 2.05) is 24.3 Å². The highest BCUT2D eigenvalue weighted by Crippen LogP contribution is 2.29. The standard InChI is InChI=1S/C11H10ClO2/c1-13-9-6-5-8-3-2-4-11(12)14-10(8)7-9/h3,5-7,11H,4H2,1H3. The number of benzene rings is 1. The van der Waals surface area contributed by atoms with E-state index in [-0.39, 0.29) is 5.56 Å². The minimum absolute atomic E-state index is 0.348. The zero-order chi connectivity index (χ0) is 9.97. The summed E-state index contributed by atoms with van der Waals surface area (Å²) in [5, 5.41) is 0. The van der Waals surface area contributed by atoms with Gasteiger partial charge in [-0.3, -0.25) is 0 Å². The molecule has 1 aliphatic rings. The molecule has 0 bridgehead atoms. The molecule has 1 unspecified atom stereocenters. The Morgan fingerprint density at radius 2 is 2.43 bits per heavy atom. The molecule has 0 N–H and O–H groups in total. The Morgan fingerprint density at radius 1 is 1.57 bits per heavy atom. The van der Waals surface area contributed by atoms with Gasteiger partial charge in [0.05, 0.1) is 7.11 Å². The average Bonchev–Trinajstić information content (AvgIpc) is 2.37. The van der Waals surface area contributed by atoms with Gasteiger partial charge in [-0.1, -0.05) is 11.6 Å². The first-order valence-corrected chi connectivity index (χ1v) is 4.78. The summed E-state index contributed by atoms with van der Waals surface area (Å²) in [6.45, 7) is 0. The van der Waals surface area contributed by atoms with Crippen LogP contribution in [0.15, 0.2) is 18.2 Å². The number of hydrogen-bond donors (Lipinski definition) is 0. The number of methoxy groups -OCH3 is 1. The van der Waals surface area contributed by atoms with E-state index in [9.17, 15) is 0 Å². The van der Waals surface area contributed by atoms with Crippen molar-refractivity contribution in [3.63, 3.8) is 0 Å². The molecular formula is C11H10ClO2. The van der Waals surface area contributed by atoms with Crippen LogP contribution in [0.4, 0.5) is 0 Å². The summed E-state index contributed by atoms with van der Waals surface area (Å²) in [4.78, 5) is 0. The lowest BCUT2D eigenvalue weighted by Gasteiger charge is -2.11. The molecule has 1 heterocycles. The van der Waals surface area contributed by atoms with Gasteiger partial charge in [0.2, 0.25) is 0 Å². The minimum Gasteiger partial charge on any atom is -0.497 e. The van der Waals surface area contributed by atoms with Crippen molar-refractivity contribution < 1.29 is 9.47 Å². The largest absolute Gasteiger partial charge is 0.497 e. The van der Waals surface area contributed by atoms with Crippen molar-refractivity contribution in [2.24, 2.45) is 0 Å². The van der Waals surface area contributed by atoms with Crippen LogP contribution in [0.1, 0.15) is 12.0 Å². The molecule has 0 fully saturated rings. The first-order chi connectivity index (χ1) is 6.79. The SMILES string of the molecule is COc1ccc2c(c1)OC(Cl)C[C]=C2. The van der Waals surface area contributed by atoms with Gasteiger partial charge in [-0.2, -0.15) is 0 Å². The van der Waals surface area contributed by atoms with Crippen molar-refractivity contribution in [1.82, 2.24) is 0 Å². The normalized spacial score (nSPS) is 19.4. The molecule has 3 heteroatoms. The smallest absolute Gasteiger partial charge is 0.176 e. The Morgan fingerprint density at radius 3 is 3.21 bits per heavy atom. The fraction of sp³-hybridized carbons (Fsp3) is 0.273. The van der Waals surface area contributed by atoms with E-state index in [1.165, 1.54) is 0 Å². The highest BCUT2D eigenvalue weighted by Gasteiger charge is 2.12. The van der Waals surface area contributed by atoms with E-state index in [1.54, 1.807) is 7.11 Å². The maximum absolute atomic E-state index is 5.90. The van der Waals surface area contributed by atoms with E-state index in [2.05, 4.69) is 6.08 Å². The van der Waals surface area contributed by atoms with Gasteiger partial charge in [0.25, 0.3) is 0 Å². The lowest BCUT2D eigenvalue weighted by atomic mass is 10.2. The van der Waals surface area contributed by atoms with Crippen LogP contribution in [0.5, 0.6) is 11.5 Å². The second-order valence-electron chi connectivity index (χ2n) is 2.98. The van der Waals surface area contributed by atoms with Crippen LogP contribution < -0.4 is 9.47 Å². The van der Waals surface area contributed by atoms with Crippen molar-refractivity contribution in [3.05, 3.63) is 29.8 Å². The molecule has 2 nitrogen and oxygen atoms in total. The maximum Gasteiger partial charge on any atom is 0.176 e. The predicted molar refractivity (Wildman–Crippen MR) is 55.6 cm³/mol. The van der Waals surface area contributed by atoms with E-state index < -0.39 is 0 Å². The lowest BCUT2D eigenvalue weighted by Crippen LogP contribution is -2.06. The third-order valence-electron chi connectivity index (χ3n) is 2.01. The molecule has 14 heavy (non-hydrogen) atoms. The fourth-order valence-electron chi connectivity index (χ4n) is 1.30. The number of ether oxygens (including phenoxy) is 2. The third-order valence-corrected chi connectivity index (χ3v) is 2.25. The summed E-state index contributed by atoms with van der Waals surface area (Å²) in [6, 6.07) is 5.64. The summed E-state index contributed by atoms with van der Waals surface area (Å²) in [6.07, 6.45) is 5.55. The number of halogens is 1. The molecule has 1 radical (unpaired) electrons.